The van der Waals surface area contributed by atoms with E-state index in [1.807, 2.05) is 23.6 Å². The summed E-state index contributed by atoms with van der Waals surface area (Å²) in [4.78, 5) is 13.4. The summed E-state index contributed by atoms with van der Waals surface area (Å²) in [6.07, 6.45) is 0.808. The molecule has 26 heavy (non-hydrogen) atoms. The van der Waals surface area contributed by atoms with E-state index in [-0.39, 0.29) is 5.91 Å². The summed E-state index contributed by atoms with van der Waals surface area (Å²) in [5, 5.41) is 12.3. The molecule has 0 aliphatic carbocycles. The molecule has 3 heterocycles. The van der Waals surface area contributed by atoms with E-state index in [1.165, 1.54) is 0 Å². The number of hydrogen-bond acceptors (Lipinski definition) is 5. The third-order valence-electron chi connectivity index (χ3n) is 3.91. The Hall–Kier alpha value is -2.51. The molecule has 1 aliphatic heterocycles. The number of H-pyrrole nitrogens is 1. The van der Waals surface area contributed by atoms with E-state index in [2.05, 4.69) is 15.5 Å². The molecule has 0 saturated heterocycles. The van der Waals surface area contributed by atoms with Crippen molar-refractivity contribution in [3.8, 4) is 22.1 Å². The third-order valence-corrected chi connectivity index (χ3v) is 5.10. The highest BCUT2D eigenvalue weighted by atomic mass is 35.5. The predicted molar refractivity (Wildman–Crippen MR) is 100 cm³/mol. The summed E-state index contributed by atoms with van der Waals surface area (Å²) in [6, 6.07) is 9.28. The largest absolute Gasteiger partial charge is 0.489 e. The van der Waals surface area contributed by atoms with Crippen LogP contribution in [0.2, 0.25) is 5.02 Å². The summed E-state index contributed by atoms with van der Waals surface area (Å²) in [5.41, 5.74) is 2.00. The molecule has 0 fully saturated rings. The molecular formula is C18H16ClN3O3S. The molecule has 6 nitrogen and oxygen atoms in total. The molecule has 0 atom stereocenters. The molecule has 0 spiro atoms. The minimum absolute atomic E-state index is 0.257. The molecule has 1 aliphatic rings. The Morgan fingerprint density at radius 2 is 2.19 bits per heavy atom. The zero-order valence-electron chi connectivity index (χ0n) is 13.8. The van der Waals surface area contributed by atoms with Gasteiger partial charge in [-0.1, -0.05) is 17.7 Å². The number of fused-ring (bicyclic) bond motifs is 1. The van der Waals surface area contributed by atoms with Crippen LogP contribution in [0.3, 0.4) is 0 Å². The molecule has 2 N–H and O–H groups in total. The first-order chi connectivity index (χ1) is 12.7. The second kappa shape index (κ2) is 7.39. The molecular weight excluding hydrogens is 374 g/mol. The van der Waals surface area contributed by atoms with Crippen molar-refractivity contribution in [1.82, 2.24) is 15.5 Å². The van der Waals surface area contributed by atoms with E-state index in [1.54, 1.807) is 23.5 Å². The number of nitrogens with zero attached hydrogens (tertiary/aromatic N) is 1. The molecule has 0 saturated carbocycles. The first kappa shape index (κ1) is 16.9. The van der Waals surface area contributed by atoms with E-state index in [0.29, 0.717) is 42.0 Å². The molecule has 8 heteroatoms. The maximum atomic E-state index is 12.4. The zero-order chi connectivity index (χ0) is 17.9. The number of carbonyl (C=O) groups excluding carboxylic acids is 1. The van der Waals surface area contributed by atoms with Crippen LogP contribution in [0.5, 0.6) is 11.5 Å². The van der Waals surface area contributed by atoms with Crippen LogP contribution in [-0.2, 0) is 6.54 Å². The molecule has 2 aromatic heterocycles. The summed E-state index contributed by atoms with van der Waals surface area (Å²) >= 11 is 7.86. The smallest absolute Gasteiger partial charge is 0.272 e. The Balaban J connectivity index is 1.45. The topological polar surface area (TPSA) is 76.2 Å². The average Bonchev–Trinajstić information content (AvgIpc) is 3.27. The van der Waals surface area contributed by atoms with Gasteiger partial charge in [-0.05, 0) is 35.2 Å². The average molecular weight is 390 g/mol. The number of amides is 1. The Morgan fingerprint density at radius 3 is 3.04 bits per heavy atom. The number of hydrogen-bond donors (Lipinski definition) is 2. The fraction of sp³-hybridized carbons (Fsp3) is 0.222. The van der Waals surface area contributed by atoms with Crippen molar-refractivity contribution in [2.75, 3.05) is 13.2 Å². The molecule has 0 radical (unpaired) electrons. The third kappa shape index (κ3) is 3.54. The number of ether oxygens (including phenoxy) is 2. The monoisotopic (exact) mass is 389 g/mol. The highest BCUT2D eigenvalue weighted by molar-refractivity contribution is 7.13. The van der Waals surface area contributed by atoms with Crippen LogP contribution in [0.25, 0.3) is 10.6 Å². The number of aromatic amines is 1. The van der Waals surface area contributed by atoms with Gasteiger partial charge in [0, 0.05) is 13.0 Å². The van der Waals surface area contributed by atoms with Crippen LogP contribution in [-0.4, -0.2) is 29.3 Å². The summed E-state index contributed by atoms with van der Waals surface area (Å²) in [6.45, 7) is 1.48. The molecule has 0 bridgehead atoms. The van der Waals surface area contributed by atoms with Gasteiger partial charge in [-0.3, -0.25) is 9.89 Å². The van der Waals surface area contributed by atoms with Crippen molar-refractivity contribution in [1.29, 1.82) is 0 Å². The fourth-order valence-corrected chi connectivity index (χ4v) is 3.64. The Bertz CT molecular complexity index is 924. The van der Waals surface area contributed by atoms with Crippen LogP contribution >= 0.6 is 22.9 Å². The number of carbonyl (C=O) groups is 1. The van der Waals surface area contributed by atoms with Gasteiger partial charge in [0.1, 0.15) is 0 Å². The van der Waals surface area contributed by atoms with Crippen LogP contribution < -0.4 is 14.8 Å². The van der Waals surface area contributed by atoms with Gasteiger partial charge < -0.3 is 14.8 Å². The van der Waals surface area contributed by atoms with E-state index in [0.717, 1.165) is 22.6 Å². The van der Waals surface area contributed by atoms with Gasteiger partial charge in [0.25, 0.3) is 5.91 Å². The Kier molecular flexibility index (Phi) is 4.81. The Labute approximate surface area is 159 Å². The lowest BCUT2D eigenvalue weighted by Gasteiger charge is -2.12. The second-order valence-corrected chi connectivity index (χ2v) is 7.14. The molecule has 1 amide bonds. The minimum atomic E-state index is -0.257. The highest BCUT2D eigenvalue weighted by Crippen LogP contribution is 2.38. The lowest BCUT2D eigenvalue weighted by molar-refractivity contribution is 0.0946. The van der Waals surface area contributed by atoms with Crippen LogP contribution in [0.4, 0.5) is 0 Å². The molecule has 0 unspecified atom stereocenters. The van der Waals surface area contributed by atoms with E-state index >= 15 is 0 Å². The minimum Gasteiger partial charge on any atom is -0.489 e. The van der Waals surface area contributed by atoms with E-state index < -0.39 is 0 Å². The van der Waals surface area contributed by atoms with Gasteiger partial charge in [-0.25, -0.2) is 0 Å². The number of halogens is 1. The maximum Gasteiger partial charge on any atom is 0.272 e. The molecule has 3 aromatic rings. The van der Waals surface area contributed by atoms with E-state index in [9.17, 15) is 4.79 Å². The first-order valence-corrected chi connectivity index (χ1v) is 9.42. The van der Waals surface area contributed by atoms with Gasteiger partial charge in [0.15, 0.2) is 17.2 Å². The lowest BCUT2D eigenvalue weighted by atomic mass is 10.2. The number of rotatable bonds is 4. The number of aromatic nitrogens is 2. The summed E-state index contributed by atoms with van der Waals surface area (Å²) in [7, 11) is 0. The first-order valence-electron chi connectivity index (χ1n) is 8.16. The quantitative estimate of drug-likeness (QED) is 0.709. The number of thiophene rings is 1. The maximum absolute atomic E-state index is 12.4. The SMILES string of the molecule is O=C(NCc1cc(Cl)c2c(c1)OCCCO2)c1cc(-c2cccs2)[nH]n1. The van der Waals surface area contributed by atoms with Crippen molar-refractivity contribution < 1.29 is 14.3 Å². The van der Waals surface area contributed by atoms with Crippen LogP contribution in [0, 0.1) is 0 Å². The normalized spacial score (nSPS) is 13.3. The second-order valence-electron chi connectivity index (χ2n) is 5.78. The standard InChI is InChI=1S/C18H16ClN3O3S/c19-12-7-11(8-15-17(12)25-5-2-4-24-15)10-20-18(23)14-9-13(21-22-14)16-3-1-6-26-16/h1,3,6-9H,2,4-5,10H2,(H,20,23)(H,21,22). The fourth-order valence-electron chi connectivity index (χ4n) is 2.66. The van der Waals surface area contributed by atoms with Crippen LogP contribution in [0.1, 0.15) is 22.5 Å². The summed E-state index contributed by atoms with van der Waals surface area (Å²) in [5.74, 6) is 0.915. The van der Waals surface area contributed by atoms with Gasteiger partial charge >= 0.3 is 0 Å². The van der Waals surface area contributed by atoms with Gasteiger partial charge in [0.2, 0.25) is 0 Å². The highest BCUT2D eigenvalue weighted by Gasteiger charge is 2.17. The van der Waals surface area contributed by atoms with Crippen molar-refractivity contribution in [3.05, 3.63) is 52.0 Å². The van der Waals surface area contributed by atoms with Gasteiger partial charge in [-0.15, -0.1) is 11.3 Å². The molecule has 4 rings (SSSR count). The van der Waals surface area contributed by atoms with Crippen molar-refractivity contribution in [2.24, 2.45) is 0 Å². The zero-order valence-corrected chi connectivity index (χ0v) is 15.3. The molecule has 1 aromatic carbocycles. The van der Waals surface area contributed by atoms with Gasteiger partial charge in [0.05, 0.1) is 28.8 Å². The van der Waals surface area contributed by atoms with E-state index in [4.69, 9.17) is 21.1 Å². The summed E-state index contributed by atoms with van der Waals surface area (Å²) < 4.78 is 11.3. The number of benzene rings is 1. The predicted octanol–water partition coefficient (Wildman–Crippen LogP) is 3.88. The Morgan fingerprint density at radius 1 is 1.31 bits per heavy atom. The van der Waals surface area contributed by atoms with Crippen LogP contribution in [0.15, 0.2) is 35.7 Å². The van der Waals surface area contributed by atoms with Gasteiger partial charge in [-0.2, -0.15) is 5.10 Å². The number of nitrogens with one attached hydrogen (secondary N) is 2. The van der Waals surface area contributed by atoms with Crippen molar-refractivity contribution in [2.45, 2.75) is 13.0 Å². The van der Waals surface area contributed by atoms with Crippen molar-refractivity contribution >= 4 is 28.8 Å². The lowest BCUT2D eigenvalue weighted by Crippen LogP contribution is -2.23. The molecule has 134 valence electrons. The van der Waals surface area contributed by atoms with Crippen molar-refractivity contribution in [3.63, 3.8) is 0 Å².